The van der Waals surface area contributed by atoms with Gasteiger partial charge in [-0.1, -0.05) is 0 Å². The number of carbonyl (C=O) groups excluding carboxylic acids is 2. The molecule has 0 aromatic heterocycles. The van der Waals surface area contributed by atoms with E-state index in [0.29, 0.717) is 0 Å². The largest absolute Gasteiger partial charge is 0.459 e. The van der Waals surface area contributed by atoms with E-state index in [1.165, 1.54) is 13.8 Å². The molecule has 0 amide bonds. The molecule has 0 heterocycles. The number of ether oxygens (including phenoxy) is 2. The molecule has 0 radical (unpaired) electrons. The molecule has 0 aromatic carbocycles. The van der Waals surface area contributed by atoms with Gasteiger partial charge in [0.05, 0.1) is 1.37 Å². The summed E-state index contributed by atoms with van der Waals surface area (Å²) in [6, 6.07) is 0. The summed E-state index contributed by atoms with van der Waals surface area (Å²) in [5.74, 6) is -1.25. The predicted octanol–water partition coefficient (Wildman–Crippen LogP) is 1.42. The van der Waals surface area contributed by atoms with E-state index in [9.17, 15) is 9.59 Å². The average molecular weight is 203 g/mol. The van der Waals surface area contributed by atoms with Crippen molar-refractivity contribution in [3.8, 4) is 0 Å². The molecule has 4 nitrogen and oxygen atoms in total. The molecular weight excluding hydrogens is 184 g/mol. The molecule has 1 fully saturated rings. The molecule has 80 valence electrons. The summed E-state index contributed by atoms with van der Waals surface area (Å²) in [5, 5.41) is 0. The first-order chi connectivity index (χ1) is 7.65. The molecule has 14 heavy (non-hydrogen) atoms. The van der Waals surface area contributed by atoms with E-state index in [2.05, 4.69) is 0 Å². The third-order valence-corrected chi connectivity index (χ3v) is 1.82. The molecule has 0 unspecified atom stereocenters. The topological polar surface area (TPSA) is 52.6 Å². The van der Waals surface area contributed by atoms with Gasteiger partial charge in [-0.05, 0) is 25.6 Å². The second-order valence-electron chi connectivity index (χ2n) is 3.11. The smallest absolute Gasteiger partial charge is 0.303 e. The number of carbonyl (C=O) groups is 2. The Morgan fingerprint density at radius 2 is 1.93 bits per heavy atom. The Bertz CT molecular complexity index is 332. The second-order valence-corrected chi connectivity index (χ2v) is 3.11. The fourth-order valence-electron chi connectivity index (χ4n) is 1.33. The van der Waals surface area contributed by atoms with Crippen molar-refractivity contribution in [3.05, 3.63) is 0 Å². The summed E-state index contributed by atoms with van der Waals surface area (Å²) in [6.07, 6.45) is -4.27. The van der Waals surface area contributed by atoms with Crippen LogP contribution in [0.15, 0.2) is 0 Å². The Morgan fingerprint density at radius 1 is 1.29 bits per heavy atom. The summed E-state index contributed by atoms with van der Waals surface area (Å²) in [7, 11) is 0. The van der Waals surface area contributed by atoms with Crippen LogP contribution in [0.2, 0.25) is 0 Å². The first-order valence-corrected chi connectivity index (χ1v) is 4.51. The summed E-state index contributed by atoms with van der Waals surface area (Å²) in [4.78, 5) is 21.9. The standard InChI is InChI=1S/C10H16O4/c1-7(11)13-9-5-3-4-6-10(9)14-8(2)12/h9-10H,3-6H2,1-2H3/t9-,10+/i3D2,10D/m0/s1. The predicted molar refractivity (Wildman–Crippen MR) is 49.6 cm³/mol. The van der Waals surface area contributed by atoms with Gasteiger partial charge >= 0.3 is 11.9 Å². The first kappa shape index (κ1) is 7.26. The fraction of sp³-hybridized carbons (Fsp3) is 0.800. The SMILES string of the molecule is [2H]C1([2H])CC[C@@]([2H])(OC(C)=O)[C@@H](OC(C)=O)C1. The van der Waals surface area contributed by atoms with Gasteiger partial charge in [0.2, 0.25) is 0 Å². The minimum atomic E-state index is -1.68. The molecule has 0 spiro atoms. The second kappa shape index (κ2) is 4.98. The monoisotopic (exact) mass is 203 g/mol. The number of hydrogen-bond donors (Lipinski definition) is 0. The van der Waals surface area contributed by atoms with Crippen molar-refractivity contribution >= 4 is 11.9 Å². The highest BCUT2D eigenvalue weighted by atomic mass is 16.6. The zero-order valence-electron chi connectivity index (χ0n) is 11.3. The number of hydrogen-bond acceptors (Lipinski definition) is 4. The lowest BCUT2D eigenvalue weighted by atomic mass is 9.94. The lowest BCUT2D eigenvalue weighted by molar-refractivity contribution is -0.168. The molecule has 0 aliphatic heterocycles. The van der Waals surface area contributed by atoms with E-state index < -0.39 is 30.5 Å². The van der Waals surface area contributed by atoms with Crippen LogP contribution in [0.4, 0.5) is 0 Å². The Labute approximate surface area is 87.8 Å². The molecule has 0 aromatic rings. The highest BCUT2D eigenvalue weighted by Crippen LogP contribution is 2.24. The zero-order valence-corrected chi connectivity index (χ0v) is 8.33. The van der Waals surface area contributed by atoms with E-state index in [-0.39, 0.29) is 19.3 Å². The maximum absolute atomic E-state index is 10.9. The van der Waals surface area contributed by atoms with Crippen LogP contribution < -0.4 is 0 Å². The maximum Gasteiger partial charge on any atom is 0.303 e. The van der Waals surface area contributed by atoms with Crippen molar-refractivity contribution in [1.82, 2.24) is 0 Å². The van der Waals surface area contributed by atoms with Gasteiger partial charge in [0.15, 0.2) is 0 Å². The molecule has 1 aliphatic rings. The summed E-state index contributed by atoms with van der Waals surface area (Å²) >= 11 is 0. The molecule has 2 atom stereocenters. The minimum absolute atomic E-state index is 0.0114. The van der Waals surface area contributed by atoms with E-state index >= 15 is 0 Å². The zero-order chi connectivity index (χ0) is 13.3. The van der Waals surface area contributed by atoms with Crippen LogP contribution in [-0.2, 0) is 19.1 Å². The van der Waals surface area contributed by atoms with Gasteiger partial charge in [0.1, 0.15) is 12.2 Å². The Morgan fingerprint density at radius 3 is 2.50 bits per heavy atom. The molecule has 4 heteroatoms. The summed E-state index contributed by atoms with van der Waals surface area (Å²) < 4.78 is 33.0. The van der Waals surface area contributed by atoms with Crippen molar-refractivity contribution in [1.29, 1.82) is 0 Å². The van der Waals surface area contributed by atoms with Crippen molar-refractivity contribution in [3.63, 3.8) is 0 Å². The van der Waals surface area contributed by atoms with Crippen LogP contribution >= 0.6 is 0 Å². The van der Waals surface area contributed by atoms with Gasteiger partial charge in [-0.3, -0.25) is 9.59 Å². The van der Waals surface area contributed by atoms with E-state index in [1.54, 1.807) is 0 Å². The quantitative estimate of drug-likeness (QED) is 0.637. The molecule has 0 N–H and O–H groups in total. The van der Waals surface area contributed by atoms with Gasteiger partial charge in [0, 0.05) is 16.6 Å². The lowest BCUT2D eigenvalue weighted by Gasteiger charge is -2.29. The number of rotatable bonds is 2. The van der Waals surface area contributed by atoms with Crippen molar-refractivity contribution in [2.45, 2.75) is 51.7 Å². The van der Waals surface area contributed by atoms with Crippen LogP contribution in [-0.4, -0.2) is 24.1 Å². The molecule has 1 rings (SSSR count). The van der Waals surface area contributed by atoms with E-state index in [0.717, 1.165) is 0 Å². The highest BCUT2D eigenvalue weighted by molar-refractivity contribution is 5.67. The van der Waals surface area contributed by atoms with Gasteiger partial charge in [0.25, 0.3) is 0 Å². The van der Waals surface area contributed by atoms with Crippen LogP contribution in [0.5, 0.6) is 0 Å². The third-order valence-electron chi connectivity index (χ3n) is 1.82. The average Bonchev–Trinajstić information content (AvgIpc) is 2.10. The molecule has 1 saturated carbocycles. The van der Waals surface area contributed by atoms with E-state index in [1.807, 2.05) is 0 Å². The lowest BCUT2D eigenvalue weighted by Crippen LogP contribution is -2.36. The van der Waals surface area contributed by atoms with Crippen molar-refractivity contribution in [2.75, 3.05) is 0 Å². The Hall–Kier alpha value is -1.06. The highest BCUT2D eigenvalue weighted by Gasteiger charge is 2.29. The summed E-state index contributed by atoms with van der Waals surface area (Å²) in [5.41, 5.74) is 0. The Kier molecular flexibility index (Phi) is 2.58. The normalized spacial score (nSPS) is 38.7. The van der Waals surface area contributed by atoms with Crippen LogP contribution in [0, 0.1) is 0 Å². The van der Waals surface area contributed by atoms with Crippen LogP contribution in [0.1, 0.15) is 43.6 Å². The molecule has 0 saturated heterocycles. The molecule has 1 aliphatic carbocycles. The van der Waals surface area contributed by atoms with Crippen LogP contribution in [0.3, 0.4) is 0 Å². The van der Waals surface area contributed by atoms with Gasteiger partial charge < -0.3 is 9.47 Å². The maximum atomic E-state index is 10.9. The van der Waals surface area contributed by atoms with Gasteiger partial charge in [-0.15, -0.1) is 0 Å². The number of esters is 2. The van der Waals surface area contributed by atoms with Gasteiger partial charge in [-0.25, -0.2) is 0 Å². The third kappa shape index (κ3) is 3.36. The molecular formula is C10H16O4. The van der Waals surface area contributed by atoms with E-state index in [4.69, 9.17) is 13.6 Å². The van der Waals surface area contributed by atoms with Crippen molar-refractivity contribution in [2.24, 2.45) is 0 Å². The fourth-order valence-corrected chi connectivity index (χ4v) is 1.33. The minimum Gasteiger partial charge on any atom is -0.459 e. The van der Waals surface area contributed by atoms with Crippen molar-refractivity contribution < 1.29 is 23.2 Å². The Balaban J connectivity index is 2.86. The van der Waals surface area contributed by atoms with Crippen LogP contribution in [0.25, 0.3) is 0 Å². The first-order valence-electron chi connectivity index (χ1n) is 6.01. The van der Waals surface area contributed by atoms with Gasteiger partial charge in [-0.2, -0.15) is 0 Å². The molecule has 0 bridgehead atoms. The summed E-state index contributed by atoms with van der Waals surface area (Å²) in [6.45, 7) is 2.35.